The molecule has 150 valence electrons. The Morgan fingerprint density at radius 1 is 1.34 bits per heavy atom. The van der Waals surface area contributed by atoms with E-state index in [0.717, 1.165) is 11.8 Å². The van der Waals surface area contributed by atoms with Crippen molar-refractivity contribution in [3.05, 3.63) is 62.0 Å². The minimum absolute atomic E-state index is 0.168. The van der Waals surface area contributed by atoms with Gasteiger partial charge in [0.2, 0.25) is 0 Å². The fraction of sp³-hybridized carbons (Fsp3) is 0.158. The molecule has 7 nitrogen and oxygen atoms in total. The number of benzene rings is 2. The molecule has 1 saturated heterocycles. The van der Waals surface area contributed by atoms with Crippen LogP contribution in [0.3, 0.4) is 0 Å². The van der Waals surface area contributed by atoms with Crippen LogP contribution in [0.1, 0.15) is 12.5 Å². The minimum atomic E-state index is -0.558. The number of nitrogens with zero attached hydrogens (tertiary/aromatic N) is 2. The van der Waals surface area contributed by atoms with Crippen molar-refractivity contribution < 1.29 is 19.2 Å². The maximum Gasteiger partial charge on any atom is 0.271 e. The molecule has 0 unspecified atom stereocenters. The monoisotopic (exact) mass is 450 g/mol. The van der Waals surface area contributed by atoms with E-state index in [1.165, 1.54) is 30.2 Å². The van der Waals surface area contributed by atoms with Crippen molar-refractivity contribution in [1.82, 2.24) is 0 Å². The van der Waals surface area contributed by atoms with E-state index >= 15 is 0 Å². The Hall–Kier alpha value is -2.62. The Morgan fingerprint density at radius 2 is 2.10 bits per heavy atom. The normalized spacial score (nSPS) is 15.1. The highest BCUT2D eigenvalue weighted by molar-refractivity contribution is 8.27. The van der Waals surface area contributed by atoms with Gasteiger partial charge < -0.3 is 9.47 Å². The van der Waals surface area contributed by atoms with E-state index in [1.54, 1.807) is 24.3 Å². The molecule has 0 saturated carbocycles. The van der Waals surface area contributed by atoms with Crippen molar-refractivity contribution in [1.29, 1.82) is 0 Å². The fourth-order valence-electron chi connectivity index (χ4n) is 2.74. The fourth-order valence-corrected chi connectivity index (χ4v) is 4.21. The molecule has 10 heteroatoms. The summed E-state index contributed by atoms with van der Waals surface area (Å²) in [5.41, 5.74) is 0.624. The third-order valence-electron chi connectivity index (χ3n) is 3.98. The third-order valence-corrected chi connectivity index (χ3v) is 5.60. The number of thiocarbonyl (C=S) groups is 1. The van der Waals surface area contributed by atoms with Crippen LogP contribution in [0, 0.1) is 10.1 Å². The Kier molecular flexibility index (Phi) is 6.41. The summed E-state index contributed by atoms with van der Waals surface area (Å²) in [7, 11) is 1.52. The van der Waals surface area contributed by atoms with Gasteiger partial charge in [-0.15, -0.1) is 0 Å². The van der Waals surface area contributed by atoms with Crippen LogP contribution in [0.25, 0.3) is 6.08 Å². The number of hydrogen-bond acceptors (Lipinski definition) is 7. The van der Waals surface area contributed by atoms with Crippen molar-refractivity contribution in [3.63, 3.8) is 0 Å². The first kappa shape index (κ1) is 21.1. The van der Waals surface area contributed by atoms with Gasteiger partial charge in [-0.2, -0.15) is 0 Å². The largest absolute Gasteiger partial charge is 0.492 e. The number of para-hydroxylation sites is 1. The smallest absolute Gasteiger partial charge is 0.271 e. The summed E-state index contributed by atoms with van der Waals surface area (Å²) >= 11 is 12.6. The van der Waals surface area contributed by atoms with E-state index in [9.17, 15) is 14.9 Å². The van der Waals surface area contributed by atoms with Gasteiger partial charge in [0.15, 0.2) is 15.8 Å². The van der Waals surface area contributed by atoms with Crippen LogP contribution < -0.4 is 14.4 Å². The first-order valence-electron chi connectivity index (χ1n) is 8.39. The maximum atomic E-state index is 13.0. The van der Waals surface area contributed by atoms with Gasteiger partial charge in [0.25, 0.3) is 11.6 Å². The summed E-state index contributed by atoms with van der Waals surface area (Å²) in [6.07, 6.45) is 1.64. The highest BCUT2D eigenvalue weighted by atomic mass is 35.5. The maximum absolute atomic E-state index is 13.0. The predicted molar refractivity (Wildman–Crippen MR) is 118 cm³/mol. The second-order valence-electron chi connectivity index (χ2n) is 5.72. The number of halogens is 1. The second kappa shape index (κ2) is 8.81. The average Bonchev–Trinajstić information content (AvgIpc) is 2.96. The number of non-ortho nitro benzene ring substituents is 1. The molecule has 2 aromatic carbocycles. The molecule has 0 atom stereocenters. The minimum Gasteiger partial charge on any atom is -0.492 e. The zero-order valence-electron chi connectivity index (χ0n) is 15.4. The molecule has 29 heavy (non-hydrogen) atoms. The molecule has 0 aromatic heterocycles. The van der Waals surface area contributed by atoms with Crippen molar-refractivity contribution in [2.24, 2.45) is 0 Å². The quantitative estimate of drug-likeness (QED) is 0.263. The number of amides is 1. The van der Waals surface area contributed by atoms with Crippen LogP contribution in [0.15, 0.2) is 41.3 Å². The Morgan fingerprint density at radius 3 is 2.76 bits per heavy atom. The third kappa shape index (κ3) is 4.21. The van der Waals surface area contributed by atoms with Gasteiger partial charge >= 0.3 is 0 Å². The second-order valence-corrected chi connectivity index (χ2v) is 7.80. The summed E-state index contributed by atoms with van der Waals surface area (Å²) in [5.74, 6) is 0.625. The van der Waals surface area contributed by atoms with Crippen molar-refractivity contribution in [3.8, 4) is 11.5 Å². The lowest BCUT2D eigenvalue weighted by molar-refractivity contribution is -0.384. The summed E-state index contributed by atoms with van der Waals surface area (Å²) in [6, 6.07) is 9.21. The summed E-state index contributed by atoms with van der Waals surface area (Å²) in [6.45, 7) is 2.33. The first-order chi connectivity index (χ1) is 13.9. The molecule has 0 radical (unpaired) electrons. The van der Waals surface area contributed by atoms with E-state index in [2.05, 4.69) is 0 Å². The van der Waals surface area contributed by atoms with Crippen LogP contribution in [0.5, 0.6) is 11.5 Å². The van der Waals surface area contributed by atoms with Gasteiger partial charge in [0.1, 0.15) is 0 Å². The number of methoxy groups -OCH3 is 1. The summed E-state index contributed by atoms with van der Waals surface area (Å²) < 4.78 is 11.2. The van der Waals surface area contributed by atoms with Crippen LogP contribution in [0.4, 0.5) is 11.4 Å². The Labute approximate surface area is 181 Å². The molecule has 0 spiro atoms. The van der Waals surface area contributed by atoms with Gasteiger partial charge in [0, 0.05) is 17.7 Å². The van der Waals surface area contributed by atoms with Crippen molar-refractivity contribution >= 4 is 63.3 Å². The van der Waals surface area contributed by atoms with Crippen molar-refractivity contribution in [2.45, 2.75) is 6.92 Å². The molecule has 0 bridgehead atoms. The molecule has 0 aliphatic carbocycles. The zero-order chi connectivity index (χ0) is 21.1. The van der Waals surface area contributed by atoms with Gasteiger partial charge in [-0.25, -0.2) is 0 Å². The molecule has 1 amide bonds. The van der Waals surface area contributed by atoms with E-state index in [-0.39, 0.29) is 20.7 Å². The number of rotatable bonds is 6. The van der Waals surface area contributed by atoms with Crippen LogP contribution in [-0.4, -0.2) is 28.9 Å². The summed E-state index contributed by atoms with van der Waals surface area (Å²) in [4.78, 5) is 25.1. The highest BCUT2D eigenvalue weighted by Gasteiger charge is 2.35. The number of nitro benzene ring substituents is 1. The molecule has 0 N–H and O–H groups in total. The molecular weight excluding hydrogens is 436 g/mol. The van der Waals surface area contributed by atoms with E-state index in [0.29, 0.717) is 28.6 Å². The number of anilines is 1. The molecular formula is C19H15ClN2O5S2. The van der Waals surface area contributed by atoms with Gasteiger partial charge in [-0.05, 0) is 25.1 Å². The lowest BCUT2D eigenvalue weighted by Gasteiger charge is -2.16. The SMILES string of the molecule is CCOc1cccc(/C=C2/SC(=S)N(c3cc([N+](=O)[O-])ccc3Cl)C2=O)c1OC. The van der Waals surface area contributed by atoms with Crippen LogP contribution in [0.2, 0.25) is 5.02 Å². The molecule has 2 aromatic rings. The molecule has 1 heterocycles. The molecule has 1 fully saturated rings. The van der Waals surface area contributed by atoms with Crippen LogP contribution >= 0.6 is 35.6 Å². The highest BCUT2D eigenvalue weighted by Crippen LogP contribution is 2.41. The van der Waals surface area contributed by atoms with Gasteiger partial charge in [0.05, 0.1) is 34.3 Å². The summed E-state index contributed by atoms with van der Waals surface area (Å²) in [5, 5.41) is 11.3. The molecule has 3 rings (SSSR count). The predicted octanol–water partition coefficient (Wildman–Crippen LogP) is 5.06. The van der Waals surface area contributed by atoms with E-state index in [4.69, 9.17) is 33.3 Å². The number of nitro groups is 1. The number of hydrogen-bond donors (Lipinski definition) is 0. The van der Waals surface area contributed by atoms with Gasteiger partial charge in [-0.1, -0.05) is 47.7 Å². The number of carbonyl (C=O) groups excluding carboxylic acids is 1. The van der Waals surface area contributed by atoms with Crippen molar-refractivity contribution in [2.75, 3.05) is 18.6 Å². The Bertz CT molecular complexity index is 1040. The average molecular weight is 451 g/mol. The van der Waals surface area contributed by atoms with E-state index < -0.39 is 10.8 Å². The lowest BCUT2D eigenvalue weighted by Crippen LogP contribution is -2.27. The number of thioether (sulfide) groups is 1. The van der Waals surface area contributed by atoms with Crippen LogP contribution in [-0.2, 0) is 4.79 Å². The Balaban J connectivity index is 2.01. The van der Waals surface area contributed by atoms with Gasteiger partial charge in [-0.3, -0.25) is 19.8 Å². The number of ether oxygens (including phenoxy) is 2. The topological polar surface area (TPSA) is 81.9 Å². The lowest BCUT2D eigenvalue weighted by atomic mass is 10.1. The first-order valence-corrected chi connectivity index (χ1v) is 9.99. The standard InChI is InChI=1S/C19H15ClN2O5S2/c1-3-27-15-6-4-5-11(17(15)26-2)9-16-18(23)21(19(28)29-16)14-10-12(22(24)25)7-8-13(14)20/h4-10H,3H2,1-2H3/b16-9+. The molecule has 1 aliphatic heterocycles. The number of carbonyl (C=O) groups is 1. The van der Waals surface area contributed by atoms with E-state index in [1.807, 2.05) is 6.92 Å². The molecule has 1 aliphatic rings. The zero-order valence-corrected chi connectivity index (χ0v) is 17.8.